The van der Waals surface area contributed by atoms with Gasteiger partial charge in [-0.1, -0.05) is 0 Å². The Balaban J connectivity index is 1.86. The number of nitrogens with one attached hydrogen (secondary N) is 2. The van der Waals surface area contributed by atoms with Crippen LogP contribution in [0.25, 0.3) is 0 Å². The van der Waals surface area contributed by atoms with Crippen LogP contribution in [0, 0.1) is 23.1 Å². The van der Waals surface area contributed by atoms with E-state index in [0.29, 0.717) is 41.7 Å². The molecule has 1 aliphatic rings. The van der Waals surface area contributed by atoms with Crippen LogP contribution in [0.1, 0.15) is 30.2 Å². The Morgan fingerprint density at radius 2 is 2.07 bits per heavy atom. The predicted octanol–water partition coefficient (Wildman–Crippen LogP) is 4.18. The molecule has 0 aliphatic carbocycles. The van der Waals surface area contributed by atoms with Gasteiger partial charge in [-0.15, -0.1) is 0 Å². The van der Waals surface area contributed by atoms with E-state index in [1.807, 2.05) is 6.07 Å². The van der Waals surface area contributed by atoms with E-state index in [-0.39, 0.29) is 17.9 Å². The van der Waals surface area contributed by atoms with Crippen molar-refractivity contribution < 1.29 is 22.4 Å². The molecule has 156 valence electrons. The number of hydrogen-bond acceptors (Lipinski definition) is 4. The average molecular weight is 418 g/mol. The number of anilines is 1. The SMILES string of the molecule is CC(C#N)C1=C(Nc2ccnc(Cc3cc(F)cc(C(F)(F)F)c3)c2)CCNC1=O. The number of amides is 1. The van der Waals surface area contributed by atoms with Crippen LogP contribution < -0.4 is 10.6 Å². The molecule has 0 radical (unpaired) electrons. The van der Waals surface area contributed by atoms with E-state index in [9.17, 15) is 27.6 Å². The van der Waals surface area contributed by atoms with Gasteiger partial charge in [0.05, 0.1) is 23.1 Å². The van der Waals surface area contributed by atoms with Gasteiger partial charge in [0.1, 0.15) is 5.82 Å². The van der Waals surface area contributed by atoms with Crippen LogP contribution in [-0.2, 0) is 17.4 Å². The van der Waals surface area contributed by atoms with Crippen LogP contribution in [0.5, 0.6) is 0 Å². The number of alkyl halides is 3. The lowest BCUT2D eigenvalue weighted by molar-refractivity contribution is -0.137. The molecule has 1 atom stereocenters. The van der Waals surface area contributed by atoms with Crippen LogP contribution in [0.4, 0.5) is 23.2 Å². The minimum absolute atomic E-state index is 0.00263. The maximum atomic E-state index is 13.6. The molecule has 1 amide bonds. The molecule has 5 nitrogen and oxygen atoms in total. The highest BCUT2D eigenvalue weighted by Crippen LogP contribution is 2.31. The monoisotopic (exact) mass is 418 g/mol. The number of rotatable bonds is 5. The van der Waals surface area contributed by atoms with Gasteiger partial charge in [0, 0.05) is 42.7 Å². The maximum Gasteiger partial charge on any atom is 0.416 e. The second-order valence-corrected chi connectivity index (χ2v) is 6.93. The van der Waals surface area contributed by atoms with E-state index in [1.54, 1.807) is 19.1 Å². The number of nitrogens with zero attached hydrogens (tertiary/aromatic N) is 2. The van der Waals surface area contributed by atoms with E-state index in [2.05, 4.69) is 15.6 Å². The van der Waals surface area contributed by atoms with Crippen molar-refractivity contribution >= 4 is 11.6 Å². The molecule has 0 saturated heterocycles. The first-order chi connectivity index (χ1) is 14.2. The van der Waals surface area contributed by atoms with Crippen LogP contribution in [0.3, 0.4) is 0 Å². The second-order valence-electron chi connectivity index (χ2n) is 6.93. The maximum absolute atomic E-state index is 13.6. The fourth-order valence-electron chi connectivity index (χ4n) is 3.27. The van der Waals surface area contributed by atoms with Crippen LogP contribution >= 0.6 is 0 Å². The number of carbonyl (C=O) groups excluding carboxylic acids is 1. The van der Waals surface area contributed by atoms with Gasteiger partial charge in [-0.05, 0) is 42.8 Å². The summed E-state index contributed by atoms with van der Waals surface area (Å²) in [4.78, 5) is 16.3. The third-order valence-electron chi connectivity index (χ3n) is 4.64. The van der Waals surface area contributed by atoms with Gasteiger partial charge in [-0.25, -0.2) is 4.39 Å². The highest BCUT2D eigenvalue weighted by Gasteiger charge is 2.31. The first-order valence-electron chi connectivity index (χ1n) is 9.17. The zero-order chi connectivity index (χ0) is 21.9. The summed E-state index contributed by atoms with van der Waals surface area (Å²) < 4.78 is 52.4. The van der Waals surface area contributed by atoms with Crippen molar-refractivity contribution in [1.29, 1.82) is 5.26 Å². The summed E-state index contributed by atoms with van der Waals surface area (Å²) in [6.07, 6.45) is -2.67. The summed E-state index contributed by atoms with van der Waals surface area (Å²) in [6.45, 7) is 2.05. The van der Waals surface area contributed by atoms with E-state index < -0.39 is 23.5 Å². The molecule has 2 aromatic rings. The Morgan fingerprint density at radius 1 is 1.30 bits per heavy atom. The molecule has 1 unspecified atom stereocenters. The minimum Gasteiger partial charge on any atom is -0.358 e. The summed E-state index contributed by atoms with van der Waals surface area (Å²) in [5, 5.41) is 15.0. The first-order valence-corrected chi connectivity index (χ1v) is 9.17. The number of aromatic nitrogens is 1. The molecule has 2 heterocycles. The highest BCUT2D eigenvalue weighted by atomic mass is 19.4. The fourth-order valence-corrected chi connectivity index (χ4v) is 3.27. The minimum atomic E-state index is -4.64. The Kier molecular flexibility index (Phi) is 6.06. The molecule has 1 aliphatic heterocycles. The van der Waals surface area contributed by atoms with Crippen LogP contribution in [0.15, 0.2) is 47.8 Å². The molecule has 0 fully saturated rings. The van der Waals surface area contributed by atoms with Gasteiger partial charge in [-0.2, -0.15) is 18.4 Å². The molecule has 1 aromatic heterocycles. The Hall–Kier alpha value is -3.41. The largest absolute Gasteiger partial charge is 0.416 e. The molecule has 30 heavy (non-hydrogen) atoms. The van der Waals surface area contributed by atoms with Crippen molar-refractivity contribution in [1.82, 2.24) is 10.3 Å². The average Bonchev–Trinajstić information content (AvgIpc) is 2.67. The molecule has 3 rings (SSSR count). The zero-order valence-electron chi connectivity index (χ0n) is 16.0. The number of nitriles is 1. The molecular weight excluding hydrogens is 400 g/mol. The third kappa shape index (κ3) is 4.95. The lowest BCUT2D eigenvalue weighted by Gasteiger charge is -2.23. The Labute approximate surface area is 170 Å². The lowest BCUT2D eigenvalue weighted by atomic mass is 9.95. The predicted molar refractivity (Wildman–Crippen MR) is 101 cm³/mol. The molecule has 0 saturated carbocycles. The smallest absolute Gasteiger partial charge is 0.358 e. The molecule has 2 N–H and O–H groups in total. The van der Waals surface area contributed by atoms with Crippen molar-refractivity contribution in [2.24, 2.45) is 5.92 Å². The van der Waals surface area contributed by atoms with Crippen molar-refractivity contribution in [2.45, 2.75) is 25.9 Å². The van der Waals surface area contributed by atoms with Crippen molar-refractivity contribution in [2.75, 3.05) is 11.9 Å². The van der Waals surface area contributed by atoms with E-state index in [1.165, 1.54) is 6.20 Å². The van der Waals surface area contributed by atoms with Crippen molar-refractivity contribution in [3.63, 3.8) is 0 Å². The van der Waals surface area contributed by atoms with Gasteiger partial charge >= 0.3 is 6.18 Å². The summed E-state index contributed by atoms with van der Waals surface area (Å²) in [6, 6.07) is 7.70. The number of benzene rings is 1. The number of carbonyl (C=O) groups is 1. The third-order valence-corrected chi connectivity index (χ3v) is 4.64. The van der Waals surface area contributed by atoms with Crippen molar-refractivity contribution in [3.05, 3.63) is 70.4 Å². The lowest BCUT2D eigenvalue weighted by Crippen LogP contribution is -2.35. The van der Waals surface area contributed by atoms with Gasteiger partial charge in [0.25, 0.3) is 0 Å². The van der Waals surface area contributed by atoms with Crippen LogP contribution in [0.2, 0.25) is 0 Å². The van der Waals surface area contributed by atoms with E-state index in [0.717, 1.165) is 12.1 Å². The molecule has 9 heteroatoms. The van der Waals surface area contributed by atoms with Crippen LogP contribution in [-0.4, -0.2) is 17.4 Å². The molecule has 0 spiro atoms. The summed E-state index contributed by atoms with van der Waals surface area (Å²) >= 11 is 0. The second kappa shape index (κ2) is 8.53. The Morgan fingerprint density at radius 3 is 2.77 bits per heavy atom. The highest BCUT2D eigenvalue weighted by molar-refractivity contribution is 5.96. The zero-order valence-corrected chi connectivity index (χ0v) is 16.0. The van der Waals surface area contributed by atoms with Gasteiger partial charge in [0.15, 0.2) is 0 Å². The Bertz CT molecular complexity index is 1040. The molecule has 0 bridgehead atoms. The summed E-state index contributed by atoms with van der Waals surface area (Å²) in [5.74, 6) is -1.89. The topological polar surface area (TPSA) is 77.8 Å². The fraction of sp³-hybridized carbons (Fsp3) is 0.286. The summed E-state index contributed by atoms with van der Waals surface area (Å²) in [5.41, 5.74) is 1.04. The van der Waals surface area contributed by atoms with E-state index >= 15 is 0 Å². The quantitative estimate of drug-likeness (QED) is 0.715. The van der Waals surface area contributed by atoms with Gasteiger partial charge < -0.3 is 10.6 Å². The van der Waals surface area contributed by atoms with Gasteiger partial charge in [-0.3, -0.25) is 9.78 Å². The van der Waals surface area contributed by atoms with Gasteiger partial charge in [0.2, 0.25) is 5.91 Å². The standard InChI is InChI=1S/C21H18F4N4O/c1-12(11-26)19-18(3-5-28-20(19)30)29-16-2-4-27-17(10-16)8-13-6-14(21(23,24)25)9-15(22)7-13/h2,4,6-7,9-10,12H,3,5,8H2,1H3,(H,27,29)(H,28,30). The van der Waals surface area contributed by atoms with E-state index in [4.69, 9.17) is 0 Å². The first kappa shape index (κ1) is 21.3. The number of halogens is 4. The van der Waals surface area contributed by atoms with Crippen molar-refractivity contribution in [3.8, 4) is 6.07 Å². The molecular formula is C21H18F4N4O. The normalized spacial score (nSPS) is 15.4. The number of hydrogen-bond donors (Lipinski definition) is 2. The molecule has 1 aromatic carbocycles. The summed E-state index contributed by atoms with van der Waals surface area (Å²) in [7, 11) is 0. The number of pyridine rings is 1.